The number of allylic oxidation sites excluding steroid dienone is 2. The molecule has 1 unspecified atom stereocenters. The molecule has 0 amide bonds. The molecule has 1 saturated carbocycles. The number of carbonyl (C=O) groups excluding carboxylic acids is 1. The van der Waals surface area contributed by atoms with Crippen LogP contribution in [0.25, 0.3) is 0 Å². The minimum atomic E-state index is -0.0700. The number of carbonyl (C=O) groups is 1. The molecule has 1 aromatic heterocycles. The summed E-state index contributed by atoms with van der Waals surface area (Å²) >= 11 is 13.5. The fraction of sp³-hybridized carbons (Fsp3) is 0.611. The Bertz CT molecular complexity index is 701. The zero-order chi connectivity index (χ0) is 17.8. The van der Waals surface area contributed by atoms with E-state index in [1.165, 1.54) is 11.3 Å². The molecule has 0 aromatic carbocycles. The van der Waals surface area contributed by atoms with Gasteiger partial charge in [-0.05, 0) is 44.9 Å². The molecule has 7 heteroatoms. The molecule has 2 fully saturated rings. The second kappa shape index (κ2) is 8.53. The van der Waals surface area contributed by atoms with Gasteiger partial charge in [0.05, 0.1) is 0 Å². The van der Waals surface area contributed by atoms with Gasteiger partial charge in [-0.25, -0.2) is 4.98 Å². The minimum absolute atomic E-state index is 0.0113. The number of ketones is 1. The number of hydrogen-bond donors (Lipinski definition) is 1. The van der Waals surface area contributed by atoms with Gasteiger partial charge in [0.1, 0.15) is 11.6 Å². The average Bonchev–Trinajstić information content (AvgIpc) is 3.02. The Morgan fingerprint density at radius 3 is 2.76 bits per heavy atom. The average molecular weight is 398 g/mol. The number of aromatic nitrogens is 1. The van der Waals surface area contributed by atoms with Crippen molar-refractivity contribution < 1.29 is 4.79 Å². The molecule has 1 saturated heterocycles. The number of Topliss-reactive ketones (excluding diaryl/α,β-unsaturated/α-hetero) is 1. The Balaban J connectivity index is 1.81. The number of halogens is 2. The molecule has 1 aromatic rings. The van der Waals surface area contributed by atoms with Gasteiger partial charge < -0.3 is 5.32 Å². The first-order valence-corrected chi connectivity index (χ1v) is 10.4. The Morgan fingerprint density at radius 1 is 1.36 bits per heavy atom. The largest absolute Gasteiger partial charge is 0.387 e. The van der Waals surface area contributed by atoms with E-state index in [0.29, 0.717) is 10.0 Å². The Morgan fingerprint density at radius 2 is 2.12 bits per heavy atom. The SMILES string of the molecule is N#C/C(C(=O)C1CCC(Cl)CC1)=C1/NCCCC1Cc1cnc(Cl)s1. The van der Waals surface area contributed by atoms with E-state index in [4.69, 9.17) is 23.2 Å². The van der Waals surface area contributed by atoms with Crippen LogP contribution in [-0.4, -0.2) is 22.7 Å². The van der Waals surface area contributed by atoms with Crippen LogP contribution in [-0.2, 0) is 11.2 Å². The number of piperidine rings is 1. The highest BCUT2D eigenvalue weighted by Gasteiger charge is 2.32. The van der Waals surface area contributed by atoms with E-state index in [2.05, 4.69) is 16.4 Å². The molecule has 1 aliphatic carbocycles. The molecule has 4 nitrogen and oxygen atoms in total. The molecule has 2 heterocycles. The maximum Gasteiger partial charge on any atom is 0.183 e. The summed E-state index contributed by atoms with van der Waals surface area (Å²) in [5.74, 6) is 0.0652. The van der Waals surface area contributed by atoms with Crippen molar-refractivity contribution in [3.8, 4) is 6.07 Å². The normalized spacial score (nSPS) is 28.8. The van der Waals surface area contributed by atoms with Crippen LogP contribution in [0.4, 0.5) is 0 Å². The molecular weight excluding hydrogens is 377 g/mol. The van der Waals surface area contributed by atoms with Crippen LogP contribution in [0.5, 0.6) is 0 Å². The summed E-state index contributed by atoms with van der Waals surface area (Å²) in [6.07, 6.45) is 7.80. The summed E-state index contributed by atoms with van der Waals surface area (Å²) in [4.78, 5) is 18.1. The van der Waals surface area contributed by atoms with Gasteiger partial charge in [-0.3, -0.25) is 4.79 Å². The topological polar surface area (TPSA) is 65.8 Å². The smallest absolute Gasteiger partial charge is 0.183 e. The van der Waals surface area contributed by atoms with Crippen LogP contribution in [0.2, 0.25) is 4.47 Å². The van der Waals surface area contributed by atoms with Crippen molar-refractivity contribution in [2.24, 2.45) is 11.8 Å². The first-order valence-electron chi connectivity index (χ1n) is 8.75. The van der Waals surface area contributed by atoms with E-state index in [-0.39, 0.29) is 23.0 Å². The van der Waals surface area contributed by atoms with Crippen molar-refractivity contribution in [3.63, 3.8) is 0 Å². The predicted molar refractivity (Wildman–Crippen MR) is 101 cm³/mol. The fourth-order valence-electron chi connectivity index (χ4n) is 3.74. The van der Waals surface area contributed by atoms with Crippen molar-refractivity contribution in [3.05, 3.63) is 26.8 Å². The van der Waals surface area contributed by atoms with Crippen molar-refractivity contribution >= 4 is 40.3 Å². The van der Waals surface area contributed by atoms with Gasteiger partial charge in [-0.15, -0.1) is 22.9 Å². The summed E-state index contributed by atoms with van der Waals surface area (Å²) in [5.41, 5.74) is 1.13. The van der Waals surface area contributed by atoms with E-state index in [1.807, 2.05) is 0 Å². The minimum Gasteiger partial charge on any atom is -0.387 e. The first kappa shape index (κ1) is 18.7. The molecule has 1 atom stereocenters. The van der Waals surface area contributed by atoms with E-state index in [9.17, 15) is 10.1 Å². The predicted octanol–water partition coefficient (Wildman–Crippen LogP) is 4.48. The molecule has 3 rings (SSSR count). The Hall–Kier alpha value is -1.09. The van der Waals surface area contributed by atoms with Gasteiger partial charge >= 0.3 is 0 Å². The molecule has 0 spiro atoms. The third-order valence-electron chi connectivity index (χ3n) is 5.08. The number of nitriles is 1. The van der Waals surface area contributed by atoms with Crippen LogP contribution in [0.3, 0.4) is 0 Å². The van der Waals surface area contributed by atoms with Gasteiger partial charge in [-0.2, -0.15) is 5.26 Å². The highest BCUT2D eigenvalue weighted by molar-refractivity contribution is 7.15. The molecule has 134 valence electrons. The summed E-state index contributed by atoms with van der Waals surface area (Å²) in [7, 11) is 0. The molecule has 2 aliphatic rings. The Kier molecular flexibility index (Phi) is 6.38. The number of nitrogens with zero attached hydrogens (tertiary/aromatic N) is 2. The number of hydrogen-bond acceptors (Lipinski definition) is 5. The summed E-state index contributed by atoms with van der Waals surface area (Å²) in [5, 5.41) is 13.2. The number of rotatable bonds is 4. The first-order chi connectivity index (χ1) is 12.1. The monoisotopic (exact) mass is 397 g/mol. The third kappa shape index (κ3) is 4.55. The van der Waals surface area contributed by atoms with Crippen LogP contribution in [0, 0.1) is 23.2 Å². The van der Waals surface area contributed by atoms with Crippen molar-refractivity contribution in [2.75, 3.05) is 6.54 Å². The zero-order valence-corrected chi connectivity index (χ0v) is 16.3. The summed E-state index contributed by atoms with van der Waals surface area (Å²) < 4.78 is 0.527. The lowest BCUT2D eigenvalue weighted by Crippen LogP contribution is -2.33. The van der Waals surface area contributed by atoms with Gasteiger partial charge in [0, 0.05) is 40.5 Å². The zero-order valence-electron chi connectivity index (χ0n) is 13.9. The van der Waals surface area contributed by atoms with Crippen LogP contribution in [0.1, 0.15) is 43.4 Å². The maximum atomic E-state index is 12.9. The maximum absolute atomic E-state index is 12.9. The lowest BCUT2D eigenvalue weighted by atomic mass is 9.81. The summed E-state index contributed by atoms with van der Waals surface area (Å²) in [6.45, 7) is 0.808. The molecule has 0 radical (unpaired) electrons. The highest BCUT2D eigenvalue weighted by atomic mass is 35.5. The van der Waals surface area contributed by atoms with Gasteiger partial charge in [-0.1, -0.05) is 11.6 Å². The molecular formula is C18H21Cl2N3OS. The second-order valence-corrected chi connectivity index (χ2v) is 9.08. The van der Waals surface area contributed by atoms with E-state index < -0.39 is 0 Å². The molecule has 1 aliphatic heterocycles. The van der Waals surface area contributed by atoms with Crippen molar-refractivity contribution in [1.82, 2.24) is 10.3 Å². The van der Waals surface area contributed by atoms with Crippen molar-refractivity contribution in [2.45, 2.75) is 50.3 Å². The molecule has 0 bridgehead atoms. The molecule has 25 heavy (non-hydrogen) atoms. The van der Waals surface area contributed by atoms with E-state index in [0.717, 1.165) is 62.1 Å². The quantitative estimate of drug-likeness (QED) is 0.461. The lowest BCUT2D eigenvalue weighted by molar-refractivity contribution is -0.119. The van der Waals surface area contributed by atoms with E-state index >= 15 is 0 Å². The highest BCUT2D eigenvalue weighted by Crippen LogP contribution is 2.33. The van der Waals surface area contributed by atoms with Gasteiger partial charge in [0.2, 0.25) is 0 Å². The summed E-state index contributed by atoms with van der Waals surface area (Å²) in [6, 6.07) is 2.20. The number of alkyl halides is 1. The number of thiazole rings is 1. The van der Waals surface area contributed by atoms with E-state index in [1.54, 1.807) is 6.20 Å². The number of nitrogens with one attached hydrogen (secondary N) is 1. The van der Waals surface area contributed by atoms with Crippen LogP contribution < -0.4 is 5.32 Å². The third-order valence-corrected chi connectivity index (χ3v) is 6.65. The fourth-order valence-corrected chi connectivity index (χ4v) is 5.05. The molecule has 1 N–H and O–H groups in total. The van der Waals surface area contributed by atoms with Gasteiger partial charge in [0.25, 0.3) is 0 Å². The van der Waals surface area contributed by atoms with Crippen LogP contribution >= 0.6 is 34.5 Å². The second-order valence-electron chi connectivity index (χ2n) is 6.76. The van der Waals surface area contributed by atoms with Crippen LogP contribution in [0.15, 0.2) is 17.5 Å². The Labute approximate surface area is 162 Å². The van der Waals surface area contributed by atoms with Gasteiger partial charge in [0.15, 0.2) is 10.3 Å². The van der Waals surface area contributed by atoms with Crippen molar-refractivity contribution in [1.29, 1.82) is 5.26 Å². The lowest BCUT2D eigenvalue weighted by Gasteiger charge is -2.29. The standard InChI is InChI=1S/C18H21Cl2N3OS/c19-13-5-3-11(4-6-13)17(24)15(9-21)16-12(2-1-7-22-16)8-14-10-23-18(20)25-14/h10-13,22H,1-8H2/b16-15-.